The van der Waals surface area contributed by atoms with Crippen molar-refractivity contribution in [1.29, 1.82) is 0 Å². The number of thiophene rings is 1. The van der Waals surface area contributed by atoms with Gasteiger partial charge in [-0.3, -0.25) is 19.8 Å². The van der Waals surface area contributed by atoms with Crippen LogP contribution in [0.15, 0.2) is 11.4 Å². The van der Waals surface area contributed by atoms with Gasteiger partial charge in [-0.15, -0.1) is 11.3 Å². The standard InChI is InChI=1S/C11H11N3O5S/c1-14-7(15)4-6(9(14)16)12-11(19)13-8-5(10(17)18)2-3-20-8/h2-3,6H,4H2,1H3,(H,17,18)(H2,12,13,19). The van der Waals surface area contributed by atoms with E-state index in [0.717, 1.165) is 16.2 Å². The number of carboxylic acid groups (broad SMARTS) is 1. The molecule has 1 aliphatic heterocycles. The van der Waals surface area contributed by atoms with Crippen molar-refractivity contribution in [1.82, 2.24) is 10.2 Å². The molecule has 0 saturated carbocycles. The van der Waals surface area contributed by atoms with Gasteiger partial charge in [0.2, 0.25) is 5.91 Å². The number of nitrogens with zero attached hydrogens (tertiary/aromatic N) is 1. The van der Waals surface area contributed by atoms with Crippen LogP contribution in [0.3, 0.4) is 0 Å². The zero-order valence-electron chi connectivity index (χ0n) is 10.4. The van der Waals surface area contributed by atoms with Crippen molar-refractivity contribution in [3.63, 3.8) is 0 Å². The van der Waals surface area contributed by atoms with Gasteiger partial charge < -0.3 is 10.4 Å². The minimum atomic E-state index is -1.16. The third kappa shape index (κ3) is 2.62. The lowest BCUT2D eigenvalue weighted by Gasteiger charge is -2.11. The van der Waals surface area contributed by atoms with Crippen LogP contribution in [0.4, 0.5) is 9.80 Å². The Bertz CT molecular complexity index is 597. The maximum Gasteiger partial charge on any atom is 0.338 e. The molecule has 0 spiro atoms. The molecule has 1 fully saturated rings. The molecule has 2 heterocycles. The number of hydrogen-bond donors (Lipinski definition) is 3. The molecule has 1 unspecified atom stereocenters. The molecular weight excluding hydrogens is 286 g/mol. The lowest BCUT2D eigenvalue weighted by molar-refractivity contribution is -0.137. The van der Waals surface area contributed by atoms with Crippen molar-refractivity contribution in [3.05, 3.63) is 17.0 Å². The summed E-state index contributed by atoms with van der Waals surface area (Å²) in [4.78, 5) is 46.4. The molecule has 1 aliphatic rings. The molecule has 3 N–H and O–H groups in total. The molecule has 1 aromatic heterocycles. The average molecular weight is 297 g/mol. The number of likely N-dealkylation sites (tertiary alicyclic amines) is 1. The quantitative estimate of drug-likeness (QED) is 0.695. The Hall–Kier alpha value is -2.42. The summed E-state index contributed by atoms with van der Waals surface area (Å²) in [5.41, 5.74) is -0.0314. The maximum absolute atomic E-state index is 11.7. The zero-order valence-corrected chi connectivity index (χ0v) is 11.2. The fourth-order valence-electron chi connectivity index (χ4n) is 1.74. The largest absolute Gasteiger partial charge is 0.478 e. The van der Waals surface area contributed by atoms with E-state index in [-0.39, 0.29) is 22.9 Å². The highest BCUT2D eigenvalue weighted by Gasteiger charge is 2.37. The Kier molecular flexibility index (Phi) is 3.70. The van der Waals surface area contributed by atoms with Gasteiger partial charge in [0.25, 0.3) is 5.91 Å². The molecule has 20 heavy (non-hydrogen) atoms. The number of rotatable bonds is 3. The first-order valence-electron chi connectivity index (χ1n) is 5.59. The number of amides is 4. The molecule has 1 saturated heterocycles. The number of hydrogen-bond acceptors (Lipinski definition) is 5. The highest BCUT2D eigenvalue weighted by Crippen LogP contribution is 2.23. The Balaban J connectivity index is 2.00. The first kappa shape index (κ1) is 14.0. The molecule has 0 aromatic carbocycles. The zero-order chi connectivity index (χ0) is 14.9. The van der Waals surface area contributed by atoms with Crippen molar-refractivity contribution in [2.75, 3.05) is 12.4 Å². The Morgan fingerprint density at radius 3 is 2.70 bits per heavy atom. The smallest absolute Gasteiger partial charge is 0.338 e. The molecule has 0 radical (unpaired) electrons. The summed E-state index contributed by atoms with van der Waals surface area (Å²) < 4.78 is 0. The van der Waals surface area contributed by atoms with Crippen LogP contribution in [-0.2, 0) is 9.59 Å². The van der Waals surface area contributed by atoms with Crippen molar-refractivity contribution >= 4 is 40.2 Å². The van der Waals surface area contributed by atoms with Gasteiger partial charge in [-0.1, -0.05) is 0 Å². The fourth-order valence-corrected chi connectivity index (χ4v) is 2.51. The summed E-state index contributed by atoms with van der Waals surface area (Å²) >= 11 is 1.05. The van der Waals surface area contributed by atoms with Gasteiger partial charge in [-0.25, -0.2) is 9.59 Å². The number of likely N-dealkylation sites (N-methyl/N-ethyl adjacent to an activating group) is 1. The number of nitrogens with one attached hydrogen (secondary N) is 2. The minimum absolute atomic E-state index is 0.0314. The number of aromatic carboxylic acids is 1. The lowest BCUT2D eigenvalue weighted by atomic mass is 10.2. The minimum Gasteiger partial charge on any atom is -0.478 e. The number of imide groups is 1. The van der Waals surface area contributed by atoms with Gasteiger partial charge in [0.15, 0.2) is 0 Å². The van der Waals surface area contributed by atoms with Gasteiger partial charge in [0.1, 0.15) is 11.0 Å². The fraction of sp³-hybridized carbons (Fsp3) is 0.273. The molecule has 2 rings (SSSR count). The maximum atomic E-state index is 11.7. The van der Waals surface area contributed by atoms with E-state index in [9.17, 15) is 19.2 Å². The summed E-state index contributed by atoms with van der Waals surface area (Å²) in [6, 6.07) is -0.280. The van der Waals surface area contributed by atoms with Gasteiger partial charge in [-0.05, 0) is 11.4 Å². The predicted octanol–water partition coefficient (Wildman–Crippen LogP) is 0.325. The molecule has 9 heteroatoms. The van der Waals surface area contributed by atoms with Crippen LogP contribution in [0.5, 0.6) is 0 Å². The second kappa shape index (κ2) is 5.29. The predicted molar refractivity (Wildman–Crippen MR) is 69.6 cm³/mol. The number of carbonyl (C=O) groups is 4. The molecular formula is C11H11N3O5S. The Morgan fingerprint density at radius 2 is 2.15 bits per heavy atom. The molecule has 0 bridgehead atoms. The average Bonchev–Trinajstić information content (AvgIpc) is 2.91. The Labute approximate surface area is 117 Å². The number of urea groups is 1. The van der Waals surface area contributed by atoms with Crippen LogP contribution in [0.25, 0.3) is 0 Å². The van der Waals surface area contributed by atoms with Gasteiger partial charge in [0, 0.05) is 7.05 Å². The summed E-state index contributed by atoms with van der Waals surface area (Å²) in [5, 5.41) is 15.3. The molecule has 8 nitrogen and oxygen atoms in total. The normalized spacial score (nSPS) is 18.2. The van der Waals surface area contributed by atoms with Crippen molar-refractivity contribution < 1.29 is 24.3 Å². The summed E-state index contributed by atoms with van der Waals surface area (Å²) in [6.07, 6.45) is -0.0982. The number of anilines is 1. The van der Waals surface area contributed by atoms with Crippen LogP contribution in [-0.4, -0.2) is 46.9 Å². The second-order valence-corrected chi connectivity index (χ2v) is 5.03. The van der Waals surface area contributed by atoms with Crippen LogP contribution < -0.4 is 10.6 Å². The van der Waals surface area contributed by atoms with Gasteiger partial charge >= 0.3 is 12.0 Å². The second-order valence-electron chi connectivity index (χ2n) is 4.11. The van der Waals surface area contributed by atoms with Crippen LogP contribution in [0, 0.1) is 0 Å². The van der Waals surface area contributed by atoms with E-state index in [4.69, 9.17) is 5.11 Å². The van der Waals surface area contributed by atoms with E-state index in [1.807, 2.05) is 0 Å². The van der Waals surface area contributed by atoms with Crippen LogP contribution >= 0.6 is 11.3 Å². The van der Waals surface area contributed by atoms with Crippen molar-refractivity contribution in [2.24, 2.45) is 0 Å². The van der Waals surface area contributed by atoms with E-state index in [1.54, 1.807) is 0 Å². The topological polar surface area (TPSA) is 116 Å². The van der Waals surface area contributed by atoms with E-state index < -0.39 is 23.9 Å². The van der Waals surface area contributed by atoms with Crippen molar-refractivity contribution in [2.45, 2.75) is 12.5 Å². The lowest BCUT2D eigenvalue weighted by Crippen LogP contribution is -2.42. The van der Waals surface area contributed by atoms with Crippen molar-refractivity contribution in [3.8, 4) is 0 Å². The van der Waals surface area contributed by atoms with E-state index in [0.29, 0.717) is 0 Å². The summed E-state index contributed by atoms with van der Waals surface area (Å²) in [6.45, 7) is 0. The Morgan fingerprint density at radius 1 is 1.45 bits per heavy atom. The third-order valence-electron chi connectivity index (χ3n) is 2.81. The highest BCUT2D eigenvalue weighted by atomic mass is 32.1. The number of carbonyl (C=O) groups excluding carboxylic acids is 3. The monoisotopic (exact) mass is 297 g/mol. The first-order chi connectivity index (χ1) is 9.40. The summed E-state index contributed by atoms with van der Waals surface area (Å²) in [5.74, 6) is -2.02. The molecule has 106 valence electrons. The van der Waals surface area contributed by atoms with Gasteiger partial charge in [0.05, 0.1) is 12.0 Å². The van der Waals surface area contributed by atoms with Crippen LogP contribution in [0.1, 0.15) is 16.8 Å². The number of carboxylic acids is 1. The van der Waals surface area contributed by atoms with E-state index >= 15 is 0 Å². The molecule has 4 amide bonds. The highest BCUT2D eigenvalue weighted by molar-refractivity contribution is 7.14. The molecule has 1 aromatic rings. The van der Waals surface area contributed by atoms with Gasteiger partial charge in [-0.2, -0.15) is 0 Å². The van der Waals surface area contributed by atoms with E-state index in [1.165, 1.54) is 18.5 Å². The third-order valence-corrected chi connectivity index (χ3v) is 3.64. The SMILES string of the molecule is CN1C(=O)CC(NC(=O)Nc2sccc2C(=O)O)C1=O. The first-order valence-corrected chi connectivity index (χ1v) is 6.47. The molecule has 1 atom stereocenters. The summed E-state index contributed by atoms with van der Waals surface area (Å²) in [7, 11) is 1.34. The molecule has 0 aliphatic carbocycles. The van der Waals surface area contributed by atoms with Crippen LogP contribution in [0.2, 0.25) is 0 Å². The van der Waals surface area contributed by atoms with E-state index in [2.05, 4.69) is 10.6 Å².